The van der Waals surface area contributed by atoms with Crippen molar-refractivity contribution in [2.75, 3.05) is 6.54 Å². The van der Waals surface area contributed by atoms with Crippen LogP contribution in [-0.2, 0) is 11.2 Å². The molecule has 19 heavy (non-hydrogen) atoms. The number of piperidine rings is 1. The van der Waals surface area contributed by atoms with Gasteiger partial charge in [0.25, 0.3) is 0 Å². The molecule has 1 aromatic carbocycles. The Kier molecular flexibility index (Phi) is 4.21. The number of hydrogen-bond acceptors (Lipinski definition) is 2. The molecule has 1 heterocycles. The lowest BCUT2D eigenvalue weighted by Crippen LogP contribution is -2.46. The fourth-order valence-electron chi connectivity index (χ4n) is 2.66. The summed E-state index contributed by atoms with van der Waals surface area (Å²) in [4.78, 5) is 14.3. The summed E-state index contributed by atoms with van der Waals surface area (Å²) in [5, 5.41) is 8.75. The summed E-state index contributed by atoms with van der Waals surface area (Å²) in [7, 11) is 0. The lowest BCUT2D eigenvalue weighted by atomic mass is 9.91. The zero-order valence-corrected chi connectivity index (χ0v) is 11.6. The summed E-state index contributed by atoms with van der Waals surface area (Å²) in [6.45, 7) is 5.23. The van der Waals surface area contributed by atoms with Crippen molar-refractivity contribution in [3.63, 3.8) is 0 Å². The topological polar surface area (TPSA) is 44.1 Å². The minimum Gasteiger partial charge on any atom is -0.339 e. The van der Waals surface area contributed by atoms with E-state index in [4.69, 9.17) is 5.26 Å². The highest BCUT2D eigenvalue weighted by atomic mass is 16.2. The number of amides is 1. The summed E-state index contributed by atoms with van der Waals surface area (Å²) >= 11 is 0. The maximum Gasteiger partial charge on any atom is 0.227 e. The molecule has 1 amide bonds. The maximum absolute atomic E-state index is 12.3. The maximum atomic E-state index is 12.3. The fourth-order valence-corrected chi connectivity index (χ4v) is 2.66. The van der Waals surface area contributed by atoms with Crippen LogP contribution in [0.4, 0.5) is 0 Å². The van der Waals surface area contributed by atoms with Gasteiger partial charge in [0.05, 0.1) is 18.1 Å². The Morgan fingerprint density at radius 1 is 1.37 bits per heavy atom. The molecule has 0 radical (unpaired) electrons. The summed E-state index contributed by atoms with van der Waals surface area (Å²) < 4.78 is 0. The molecule has 0 N–H and O–H groups in total. The summed E-state index contributed by atoms with van der Waals surface area (Å²) in [5.74, 6) is 0.780. The molecule has 0 aliphatic carbocycles. The Labute approximate surface area is 114 Å². The van der Waals surface area contributed by atoms with Crippen molar-refractivity contribution in [2.24, 2.45) is 5.92 Å². The number of nitrogens with zero attached hydrogens (tertiary/aromatic N) is 2. The molecule has 1 saturated heterocycles. The van der Waals surface area contributed by atoms with Crippen molar-refractivity contribution >= 4 is 5.91 Å². The first-order chi connectivity index (χ1) is 9.11. The SMILES string of the molecule is CC1CCCN(C(=O)Cc2ccc(C#N)cc2)C1C. The highest BCUT2D eigenvalue weighted by Crippen LogP contribution is 2.23. The van der Waals surface area contributed by atoms with Gasteiger partial charge in [-0.2, -0.15) is 5.26 Å². The van der Waals surface area contributed by atoms with Gasteiger partial charge in [0.2, 0.25) is 5.91 Å². The van der Waals surface area contributed by atoms with Gasteiger partial charge in [0, 0.05) is 12.6 Å². The Morgan fingerprint density at radius 3 is 2.68 bits per heavy atom. The molecular weight excluding hydrogens is 236 g/mol. The third-order valence-corrected chi connectivity index (χ3v) is 4.13. The van der Waals surface area contributed by atoms with E-state index >= 15 is 0 Å². The highest BCUT2D eigenvalue weighted by molar-refractivity contribution is 5.79. The predicted octanol–water partition coefficient (Wildman–Crippen LogP) is 2.75. The van der Waals surface area contributed by atoms with Gasteiger partial charge in [-0.3, -0.25) is 4.79 Å². The molecule has 3 heteroatoms. The van der Waals surface area contributed by atoms with Gasteiger partial charge < -0.3 is 4.90 Å². The summed E-state index contributed by atoms with van der Waals surface area (Å²) in [5.41, 5.74) is 1.62. The third-order valence-electron chi connectivity index (χ3n) is 4.13. The van der Waals surface area contributed by atoms with Gasteiger partial charge >= 0.3 is 0 Å². The molecule has 0 spiro atoms. The van der Waals surface area contributed by atoms with E-state index in [1.165, 1.54) is 6.42 Å². The van der Waals surface area contributed by atoms with Crippen LogP contribution in [0.25, 0.3) is 0 Å². The quantitative estimate of drug-likeness (QED) is 0.816. The molecule has 0 bridgehead atoms. The van der Waals surface area contributed by atoms with Crippen LogP contribution in [0.3, 0.4) is 0 Å². The van der Waals surface area contributed by atoms with E-state index in [0.29, 0.717) is 23.9 Å². The van der Waals surface area contributed by atoms with Crippen LogP contribution >= 0.6 is 0 Å². The molecule has 3 nitrogen and oxygen atoms in total. The van der Waals surface area contributed by atoms with Crippen molar-refractivity contribution in [1.82, 2.24) is 4.90 Å². The lowest BCUT2D eigenvalue weighted by Gasteiger charge is -2.38. The number of carbonyl (C=O) groups is 1. The third kappa shape index (κ3) is 3.14. The fraction of sp³-hybridized carbons (Fsp3) is 0.500. The molecule has 100 valence electrons. The normalized spacial score (nSPS) is 22.9. The zero-order chi connectivity index (χ0) is 13.8. The molecular formula is C16H20N2O. The van der Waals surface area contributed by atoms with E-state index in [2.05, 4.69) is 19.9 Å². The Morgan fingerprint density at radius 2 is 2.05 bits per heavy atom. The Bertz CT molecular complexity index is 486. The van der Waals surface area contributed by atoms with Crippen LogP contribution in [0.15, 0.2) is 24.3 Å². The first-order valence-corrected chi connectivity index (χ1v) is 6.90. The van der Waals surface area contributed by atoms with Gasteiger partial charge in [-0.15, -0.1) is 0 Å². The molecule has 1 aliphatic rings. The zero-order valence-electron chi connectivity index (χ0n) is 11.6. The number of hydrogen-bond donors (Lipinski definition) is 0. The minimum absolute atomic E-state index is 0.198. The molecule has 2 unspecified atom stereocenters. The van der Waals surface area contributed by atoms with Crippen LogP contribution < -0.4 is 0 Å². The van der Waals surface area contributed by atoms with E-state index in [9.17, 15) is 4.79 Å². The molecule has 0 aromatic heterocycles. The average Bonchev–Trinajstić information content (AvgIpc) is 2.42. The van der Waals surface area contributed by atoms with Gasteiger partial charge in [-0.1, -0.05) is 19.1 Å². The second-order valence-corrected chi connectivity index (χ2v) is 5.43. The van der Waals surface area contributed by atoms with Crippen LogP contribution in [0.5, 0.6) is 0 Å². The van der Waals surface area contributed by atoms with Gasteiger partial charge in [-0.25, -0.2) is 0 Å². The van der Waals surface area contributed by atoms with Gasteiger partial charge in [-0.05, 0) is 43.4 Å². The van der Waals surface area contributed by atoms with Crippen molar-refractivity contribution in [2.45, 2.75) is 39.2 Å². The number of benzene rings is 1. The lowest BCUT2D eigenvalue weighted by molar-refractivity contribution is -0.135. The standard InChI is InChI=1S/C16H20N2O/c1-12-4-3-9-18(13(12)2)16(19)10-14-5-7-15(11-17)8-6-14/h5-8,12-13H,3-4,9-10H2,1-2H3. The molecule has 1 aromatic rings. The van der Waals surface area contributed by atoms with Gasteiger partial charge in [0.1, 0.15) is 0 Å². The Balaban J connectivity index is 2.02. The van der Waals surface area contributed by atoms with E-state index in [1.54, 1.807) is 12.1 Å². The van der Waals surface area contributed by atoms with Gasteiger partial charge in [0.15, 0.2) is 0 Å². The second-order valence-electron chi connectivity index (χ2n) is 5.43. The van der Waals surface area contributed by atoms with Crippen molar-refractivity contribution in [3.8, 4) is 6.07 Å². The van der Waals surface area contributed by atoms with E-state index in [1.807, 2.05) is 17.0 Å². The second kappa shape index (κ2) is 5.88. The van der Waals surface area contributed by atoms with E-state index in [-0.39, 0.29) is 5.91 Å². The van der Waals surface area contributed by atoms with E-state index < -0.39 is 0 Å². The van der Waals surface area contributed by atoms with E-state index in [0.717, 1.165) is 18.5 Å². The molecule has 0 saturated carbocycles. The molecule has 2 atom stereocenters. The summed E-state index contributed by atoms with van der Waals surface area (Å²) in [6.07, 6.45) is 2.75. The smallest absolute Gasteiger partial charge is 0.227 e. The van der Waals surface area contributed by atoms with Crippen LogP contribution in [-0.4, -0.2) is 23.4 Å². The number of nitriles is 1. The first kappa shape index (κ1) is 13.6. The highest BCUT2D eigenvalue weighted by Gasteiger charge is 2.27. The number of likely N-dealkylation sites (tertiary alicyclic amines) is 1. The molecule has 1 aliphatic heterocycles. The van der Waals surface area contributed by atoms with Crippen LogP contribution in [0.1, 0.15) is 37.8 Å². The van der Waals surface area contributed by atoms with Crippen LogP contribution in [0.2, 0.25) is 0 Å². The van der Waals surface area contributed by atoms with Crippen molar-refractivity contribution in [3.05, 3.63) is 35.4 Å². The Hall–Kier alpha value is -1.82. The predicted molar refractivity (Wildman–Crippen MR) is 74.4 cm³/mol. The largest absolute Gasteiger partial charge is 0.339 e. The minimum atomic E-state index is 0.198. The van der Waals surface area contributed by atoms with Crippen molar-refractivity contribution in [1.29, 1.82) is 5.26 Å². The number of carbonyl (C=O) groups excluding carboxylic acids is 1. The van der Waals surface area contributed by atoms with Crippen molar-refractivity contribution < 1.29 is 4.79 Å². The first-order valence-electron chi connectivity index (χ1n) is 6.90. The molecule has 1 fully saturated rings. The number of rotatable bonds is 2. The summed E-state index contributed by atoms with van der Waals surface area (Å²) in [6, 6.07) is 9.70. The molecule has 2 rings (SSSR count). The van der Waals surface area contributed by atoms with Crippen LogP contribution in [0, 0.1) is 17.2 Å². The monoisotopic (exact) mass is 256 g/mol. The average molecular weight is 256 g/mol.